The summed E-state index contributed by atoms with van der Waals surface area (Å²) in [5.74, 6) is -2.85. The Morgan fingerprint density at radius 2 is 1.95 bits per heavy atom. The molecule has 0 saturated carbocycles. The molecule has 1 aliphatic rings. The number of alkyl halides is 2. The maximum Gasteiger partial charge on any atom is 0.270 e. The molecule has 1 aromatic heterocycles. The number of hydrogen-bond donors (Lipinski definition) is 1. The molecule has 1 aromatic carbocycles. The average molecular weight is 343 g/mol. The first kappa shape index (κ1) is 13.5. The second-order valence-electron chi connectivity index (χ2n) is 5.06. The minimum absolute atomic E-state index is 0.102. The monoisotopic (exact) mass is 342 g/mol. The van der Waals surface area contributed by atoms with Gasteiger partial charge in [0.05, 0.1) is 0 Å². The maximum absolute atomic E-state index is 13.1. The molecule has 2 heterocycles. The van der Waals surface area contributed by atoms with Crippen LogP contribution in [0.2, 0.25) is 0 Å². The molecule has 6 heteroatoms. The van der Waals surface area contributed by atoms with Crippen LogP contribution in [-0.4, -0.2) is 34.8 Å². The molecule has 0 atom stereocenters. The first-order chi connectivity index (χ1) is 9.44. The van der Waals surface area contributed by atoms with Crippen LogP contribution < -0.4 is 0 Å². The van der Waals surface area contributed by atoms with Gasteiger partial charge < -0.3 is 9.88 Å². The summed E-state index contributed by atoms with van der Waals surface area (Å²) >= 11 is 3.38. The van der Waals surface area contributed by atoms with Gasteiger partial charge in [0.2, 0.25) is 0 Å². The summed E-state index contributed by atoms with van der Waals surface area (Å²) in [6.07, 6.45) is -0.519. The van der Waals surface area contributed by atoms with E-state index in [1.807, 2.05) is 18.2 Å². The van der Waals surface area contributed by atoms with E-state index in [0.29, 0.717) is 5.69 Å². The number of hydrogen-bond acceptors (Lipinski definition) is 1. The lowest BCUT2D eigenvalue weighted by molar-refractivity contribution is -0.0495. The fourth-order valence-electron chi connectivity index (χ4n) is 2.43. The van der Waals surface area contributed by atoms with Gasteiger partial charge in [0.15, 0.2) is 0 Å². The number of aromatic nitrogens is 1. The standard InChI is InChI=1S/C14H13BrF2N2O/c15-10-1-2-11-9(7-10)8-12(18-11)13(20)19-5-3-14(16,17)4-6-19/h1-2,7-8,18H,3-6H2. The van der Waals surface area contributed by atoms with Gasteiger partial charge in [-0.2, -0.15) is 0 Å². The minimum Gasteiger partial charge on any atom is -0.351 e. The molecular weight excluding hydrogens is 330 g/mol. The molecule has 1 fully saturated rings. The van der Waals surface area contributed by atoms with Crippen LogP contribution in [0, 0.1) is 0 Å². The van der Waals surface area contributed by atoms with Crippen molar-refractivity contribution in [1.82, 2.24) is 9.88 Å². The minimum atomic E-state index is -2.64. The Bertz CT molecular complexity index is 658. The third-order valence-corrected chi connectivity index (χ3v) is 4.09. The lowest BCUT2D eigenvalue weighted by atomic mass is 10.1. The second kappa shape index (κ2) is 4.84. The molecule has 1 saturated heterocycles. The molecular formula is C14H13BrF2N2O. The number of nitrogens with one attached hydrogen (secondary N) is 1. The lowest BCUT2D eigenvalue weighted by Crippen LogP contribution is -2.42. The summed E-state index contributed by atoms with van der Waals surface area (Å²) in [6, 6.07) is 7.43. The maximum atomic E-state index is 13.1. The fourth-order valence-corrected chi connectivity index (χ4v) is 2.80. The number of H-pyrrole nitrogens is 1. The molecule has 0 unspecified atom stereocenters. The van der Waals surface area contributed by atoms with Crippen LogP contribution in [0.4, 0.5) is 8.78 Å². The number of rotatable bonds is 1. The van der Waals surface area contributed by atoms with E-state index >= 15 is 0 Å². The highest BCUT2D eigenvalue weighted by molar-refractivity contribution is 9.10. The fraction of sp³-hybridized carbons (Fsp3) is 0.357. The number of amides is 1. The molecule has 0 spiro atoms. The number of nitrogens with zero attached hydrogens (tertiary/aromatic N) is 1. The van der Waals surface area contributed by atoms with Crippen molar-refractivity contribution in [3.8, 4) is 0 Å². The lowest BCUT2D eigenvalue weighted by Gasteiger charge is -2.31. The smallest absolute Gasteiger partial charge is 0.270 e. The number of halogens is 3. The highest BCUT2D eigenvalue weighted by Gasteiger charge is 2.36. The second-order valence-corrected chi connectivity index (χ2v) is 5.98. The number of likely N-dealkylation sites (tertiary alicyclic amines) is 1. The molecule has 1 N–H and O–H groups in total. The van der Waals surface area contributed by atoms with Crippen LogP contribution in [-0.2, 0) is 0 Å². The van der Waals surface area contributed by atoms with Crippen molar-refractivity contribution >= 4 is 32.7 Å². The number of carbonyl (C=O) groups is 1. The number of aromatic amines is 1. The summed E-state index contributed by atoms with van der Waals surface area (Å²) < 4.78 is 27.1. The first-order valence-corrected chi connectivity index (χ1v) is 7.19. The van der Waals surface area contributed by atoms with Crippen LogP contribution >= 0.6 is 15.9 Å². The van der Waals surface area contributed by atoms with Gasteiger partial charge in [0.25, 0.3) is 11.8 Å². The predicted molar refractivity (Wildman–Crippen MR) is 76.1 cm³/mol. The Hall–Kier alpha value is -1.43. The normalized spacial score (nSPS) is 18.4. The van der Waals surface area contributed by atoms with E-state index in [-0.39, 0.29) is 31.8 Å². The van der Waals surface area contributed by atoms with Crippen molar-refractivity contribution < 1.29 is 13.6 Å². The molecule has 2 aromatic rings. The third kappa shape index (κ3) is 2.57. The van der Waals surface area contributed by atoms with Crippen molar-refractivity contribution in [3.05, 3.63) is 34.4 Å². The number of carbonyl (C=O) groups excluding carboxylic acids is 1. The molecule has 1 aliphatic heterocycles. The highest BCUT2D eigenvalue weighted by Crippen LogP contribution is 2.29. The zero-order chi connectivity index (χ0) is 14.3. The molecule has 1 amide bonds. The van der Waals surface area contributed by atoms with E-state index in [1.54, 1.807) is 6.07 Å². The topological polar surface area (TPSA) is 36.1 Å². The van der Waals surface area contributed by atoms with Crippen molar-refractivity contribution in [2.24, 2.45) is 0 Å². The van der Waals surface area contributed by atoms with Crippen LogP contribution in [0.5, 0.6) is 0 Å². The van der Waals surface area contributed by atoms with Crippen molar-refractivity contribution in [3.63, 3.8) is 0 Å². The predicted octanol–water partition coefficient (Wildman–Crippen LogP) is 3.80. The summed E-state index contributed by atoms with van der Waals surface area (Å²) in [6.45, 7) is 0.204. The van der Waals surface area contributed by atoms with Gasteiger partial charge in [-0.1, -0.05) is 15.9 Å². The van der Waals surface area contributed by atoms with Gasteiger partial charge in [-0.15, -0.1) is 0 Å². The largest absolute Gasteiger partial charge is 0.351 e. The molecule has 0 radical (unpaired) electrons. The van der Waals surface area contributed by atoms with E-state index in [9.17, 15) is 13.6 Å². The van der Waals surface area contributed by atoms with E-state index in [0.717, 1.165) is 15.4 Å². The number of piperidine rings is 1. The Balaban J connectivity index is 1.82. The van der Waals surface area contributed by atoms with Crippen LogP contribution in [0.15, 0.2) is 28.7 Å². The quantitative estimate of drug-likeness (QED) is 0.840. The molecule has 106 valence electrons. The molecule has 0 bridgehead atoms. The van der Waals surface area contributed by atoms with Gasteiger partial charge in [-0.05, 0) is 24.3 Å². The Kier molecular flexibility index (Phi) is 3.28. The summed E-state index contributed by atoms with van der Waals surface area (Å²) in [4.78, 5) is 16.8. The highest BCUT2D eigenvalue weighted by atomic mass is 79.9. The van der Waals surface area contributed by atoms with Gasteiger partial charge in [-0.25, -0.2) is 8.78 Å². The average Bonchev–Trinajstić information content (AvgIpc) is 2.80. The summed E-state index contributed by atoms with van der Waals surface area (Å²) in [5.41, 5.74) is 1.31. The van der Waals surface area contributed by atoms with Gasteiger partial charge >= 0.3 is 0 Å². The Labute approximate surface area is 123 Å². The zero-order valence-corrected chi connectivity index (χ0v) is 12.2. The summed E-state index contributed by atoms with van der Waals surface area (Å²) in [7, 11) is 0. The first-order valence-electron chi connectivity index (χ1n) is 6.40. The Morgan fingerprint density at radius 1 is 1.25 bits per heavy atom. The SMILES string of the molecule is O=C(c1cc2cc(Br)ccc2[nH]1)N1CCC(F)(F)CC1. The molecule has 3 rings (SSSR count). The van der Waals surface area contributed by atoms with Crippen LogP contribution in [0.3, 0.4) is 0 Å². The molecule has 3 nitrogen and oxygen atoms in total. The van der Waals surface area contributed by atoms with Gasteiger partial charge in [-0.3, -0.25) is 4.79 Å². The molecule has 0 aliphatic carbocycles. The van der Waals surface area contributed by atoms with Crippen molar-refractivity contribution in [1.29, 1.82) is 0 Å². The van der Waals surface area contributed by atoms with Crippen LogP contribution in [0.25, 0.3) is 10.9 Å². The van der Waals surface area contributed by atoms with E-state index in [1.165, 1.54) is 4.90 Å². The van der Waals surface area contributed by atoms with Crippen molar-refractivity contribution in [2.75, 3.05) is 13.1 Å². The zero-order valence-electron chi connectivity index (χ0n) is 10.6. The van der Waals surface area contributed by atoms with Gasteiger partial charge in [0, 0.05) is 41.3 Å². The van der Waals surface area contributed by atoms with Gasteiger partial charge in [0.1, 0.15) is 5.69 Å². The van der Waals surface area contributed by atoms with E-state index < -0.39 is 5.92 Å². The van der Waals surface area contributed by atoms with Crippen LogP contribution in [0.1, 0.15) is 23.3 Å². The number of benzene rings is 1. The van der Waals surface area contributed by atoms with E-state index in [2.05, 4.69) is 20.9 Å². The van der Waals surface area contributed by atoms with Crippen molar-refractivity contribution in [2.45, 2.75) is 18.8 Å². The Morgan fingerprint density at radius 3 is 2.65 bits per heavy atom. The summed E-state index contributed by atoms with van der Waals surface area (Å²) in [5, 5.41) is 0.921. The third-order valence-electron chi connectivity index (χ3n) is 3.60. The van der Waals surface area contributed by atoms with E-state index in [4.69, 9.17) is 0 Å². The number of fused-ring (bicyclic) bond motifs is 1. The molecule has 20 heavy (non-hydrogen) atoms.